The van der Waals surface area contributed by atoms with Gasteiger partial charge in [0.1, 0.15) is 12.6 Å². The first-order valence-corrected chi connectivity index (χ1v) is 16.8. The second-order valence-corrected chi connectivity index (χ2v) is 14.0. The number of sulfonamides is 1. The molecule has 10 heteroatoms. The highest BCUT2D eigenvalue weighted by Gasteiger charge is 2.35. The van der Waals surface area contributed by atoms with Gasteiger partial charge in [0.15, 0.2) is 0 Å². The van der Waals surface area contributed by atoms with Gasteiger partial charge in [-0.2, -0.15) is 0 Å². The van der Waals surface area contributed by atoms with Gasteiger partial charge in [0, 0.05) is 28.5 Å². The molecule has 7 nitrogen and oxygen atoms in total. The van der Waals surface area contributed by atoms with E-state index in [0.717, 1.165) is 19.9 Å². The predicted octanol–water partition coefficient (Wildman–Crippen LogP) is 6.77. The van der Waals surface area contributed by atoms with Crippen molar-refractivity contribution in [2.75, 3.05) is 10.8 Å². The van der Waals surface area contributed by atoms with Crippen molar-refractivity contribution in [3.63, 3.8) is 0 Å². The standard InChI is InChI=1S/C34H35BrClN3O4S/c1-24(2)37-34(41)32(21-26-11-5-4-6-12-26)38(22-27-13-9-14-28(35)20-27)33(40)23-39(31-15-8-7-10-25(31)3)44(42,43)30-18-16-29(36)17-19-30/h4-20,24,32H,21-23H2,1-3H3,(H,37,41)/t32-/m0/s1. The maximum Gasteiger partial charge on any atom is 0.264 e. The van der Waals surface area contributed by atoms with Crippen molar-refractivity contribution >= 4 is 55.1 Å². The molecule has 4 aromatic carbocycles. The fourth-order valence-corrected chi connectivity index (χ4v) is 6.91. The number of rotatable bonds is 12. The zero-order valence-corrected chi connectivity index (χ0v) is 27.9. The molecule has 0 aliphatic heterocycles. The molecule has 2 amide bonds. The molecule has 0 radical (unpaired) electrons. The van der Waals surface area contributed by atoms with Gasteiger partial charge >= 0.3 is 0 Å². The number of carbonyl (C=O) groups excluding carboxylic acids is 2. The lowest BCUT2D eigenvalue weighted by Crippen LogP contribution is -2.54. The molecule has 0 saturated heterocycles. The van der Waals surface area contributed by atoms with Gasteiger partial charge < -0.3 is 10.2 Å². The Hall–Kier alpha value is -3.66. The Kier molecular flexibility index (Phi) is 11.2. The Labute approximate surface area is 273 Å². The van der Waals surface area contributed by atoms with Crippen molar-refractivity contribution in [1.82, 2.24) is 10.2 Å². The van der Waals surface area contributed by atoms with Crippen molar-refractivity contribution in [3.05, 3.63) is 129 Å². The summed E-state index contributed by atoms with van der Waals surface area (Å²) < 4.78 is 30.2. The fraction of sp³-hybridized carbons (Fsp3) is 0.235. The molecule has 0 saturated carbocycles. The quantitative estimate of drug-likeness (QED) is 0.177. The van der Waals surface area contributed by atoms with E-state index in [9.17, 15) is 18.0 Å². The topological polar surface area (TPSA) is 86.8 Å². The van der Waals surface area contributed by atoms with E-state index >= 15 is 0 Å². The lowest BCUT2D eigenvalue weighted by atomic mass is 10.0. The number of aryl methyl sites for hydroxylation is 1. The Morgan fingerprint density at radius 1 is 0.864 bits per heavy atom. The summed E-state index contributed by atoms with van der Waals surface area (Å²) in [6.07, 6.45) is 0.243. The number of amides is 2. The number of benzene rings is 4. The third-order valence-corrected chi connectivity index (χ3v) is 9.53. The summed E-state index contributed by atoms with van der Waals surface area (Å²) in [7, 11) is -4.21. The van der Waals surface area contributed by atoms with Gasteiger partial charge in [0.05, 0.1) is 10.6 Å². The highest BCUT2D eigenvalue weighted by molar-refractivity contribution is 9.10. The number of hydrogen-bond acceptors (Lipinski definition) is 4. The first kappa shape index (κ1) is 33.2. The third-order valence-electron chi connectivity index (χ3n) is 7.01. The molecule has 1 N–H and O–H groups in total. The highest BCUT2D eigenvalue weighted by atomic mass is 79.9. The van der Waals surface area contributed by atoms with E-state index in [1.165, 1.54) is 29.2 Å². The zero-order valence-electron chi connectivity index (χ0n) is 24.8. The number of nitrogens with one attached hydrogen (secondary N) is 1. The summed E-state index contributed by atoms with van der Waals surface area (Å²) >= 11 is 9.55. The summed E-state index contributed by atoms with van der Waals surface area (Å²) in [4.78, 5) is 29.7. The molecule has 0 heterocycles. The number of hydrogen-bond donors (Lipinski definition) is 1. The summed E-state index contributed by atoms with van der Waals surface area (Å²) in [5.41, 5.74) is 2.69. The smallest absolute Gasteiger partial charge is 0.264 e. The lowest BCUT2D eigenvalue weighted by Gasteiger charge is -2.34. The number of anilines is 1. The Bertz CT molecular complexity index is 1700. The van der Waals surface area contributed by atoms with E-state index in [1.54, 1.807) is 31.2 Å². The van der Waals surface area contributed by atoms with Crippen molar-refractivity contribution in [1.29, 1.82) is 0 Å². The second kappa shape index (κ2) is 14.9. The largest absolute Gasteiger partial charge is 0.352 e. The molecule has 0 fully saturated rings. The Morgan fingerprint density at radius 3 is 2.14 bits per heavy atom. The van der Waals surface area contributed by atoms with Gasteiger partial charge in [-0.3, -0.25) is 13.9 Å². The maximum atomic E-state index is 14.5. The minimum absolute atomic E-state index is 0.00474. The number of nitrogens with zero attached hydrogens (tertiary/aromatic N) is 2. The predicted molar refractivity (Wildman–Crippen MR) is 179 cm³/mol. The van der Waals surface area contributed by atoms with E-state index in [1.807, 2.05) is 68.4 Å². The first-order valence-electron chi connectivity index (χ1n) is 14.2. The van der Waals surface area contributed by atoms with Crippen LogP contribution >= 0.6 is 27.5 Å². The summed E-state index contributed by atoms with van der Waals surface area (Å²) in [5.74, 6) is -0.846. The average Bonchev–Trinajstić information content (AvgIpc) is 2.98. The minimum atomic E-state index is -4.21. The van der Waals surface area contributed by atoms with Crippen LogP contribution in [0.2, 0.25) is 5.02 Å². The number of carbonyl (C=O) groups is 2. The molecule has 0 aromatic heterocycles. The maximum absolute atomic E-state index is 14.5. The number of para-hydroxylation sites is 1. The van der Waals surface area contributed by atoms with Crippen LogP contribution in [0.4, 0.5) is 5.69 Å². The van der Waals surface area contributed by atoms with Crippen LogP contribution in [0.1, 0.15) is 30.5 Å². The van der Waals surface area contributed by atoms with Crippen LogP contribution in [-0.2, 0) is 32.6 Å². The molecule has 0 spiro atoms. The van der Waals surface area contributed by atoms with Crippen LogP contribution in [0.25, 0.3) is 0 Å². The first-order chi connectivity index (χ1) is 21.0. The van der Waals surface area contributed by atoms with Gasteiger partial charge in [-0.15, -0.1) is 0 Å². The minimum Gasteiger partial charge on any atom is -0.352 e. The van der Waals surface area contributed by atoms with E-state index < -0.39 is 28.5 Å². The molecule has 44 heavy (non-hydrogen) atoms. The average molecular weight is 697 g/mol. The van der Waals surface area contributed by atoms with Crippen LogP contribution in [0.15, 0.2) is 112 Å². The molecule has 0 unspecified atom stereocenters. The molecule has 0 bridgehead atoms. The monoisotopic (exact) mass is 695 g/mol. The fourth-order valence-electron chi connectivity index (χ4n) is 4.86. The van der Waals surface area contributed by atoms with Crippen LogP contribution < -0.4 is 9.62 Å². The third kappa shape index (κ3) is 8.49. The SMILES string of the molecule is Cc1ccccc1N(CC(=O)N(Cc1cccc(Br)c1)[C@@H](Cc1ccccc1)C(=O)NC(C)C)S(=O)(=O)c1ccc(Cl)cc1. The van der Waals surface area contributed by atoms with Gasteiger partial charge in [-0.1, -0.05) is 88.2 Å². The summed E-state index contributed by atoms with van der Waals surface area (Å²) in [6.45, 7) is 5.07. The highest BCUT2D eigenvalue weighted by Crippen LogP contribution is 2.28. The Morgan fingerprint density at radius 2 is 1.50 bits per heavy atom. The molecule has 4 aromatic rings. The van der Waals surface area contributed by atoms with E-state index in [-0.39, 0.29) is 29.8 Å². The van der Waals surface area contributed by atoms with Crippen molar-refractivity contribution in [2.24, 2.45) is 0 Å². The number of halogens is 2. The second-order valence-electron chi connectivity index (χ2n) is 10.8. The molecule has 4 rings (SSSR count). The van der Waals surface area contributed by atoms with Crippen molar-refractivity contribution in [3.8, 4) is 0 Å². The molecule has 1 atom stereocenters. The van der Waals surface area contributed by atoms with E-state index in [0.29, 0.717) is 16.3 Å². The van der Waals surface area contributed by atoms with E-state index in [2.05, 4.69) is 21.2 Å². The molecule has 0 aliphatic rings. The van der Waals surface area contributed by atoms with Crippen LogP contribution in [0.5, 0.6) is 0 Å². The van der Waals surface area contributed by atoms with Crippen molar-refractivity contribution in [2.45, 2.75) is 50.7 Å². The molecule has 0 aliphatic carbocycles. The summed E-state index contributed by atoms with van der Waals surface area (Å²) in [5, 5.41) is 3.36. The van der Waals surface area contributed by atoms with Crippen LogP contribution in [-0.4, -0.2) is 43.8 Å². The normalized spacial score (nSPS) is 12.0. The van der Waals surface area contributed by atoms with E-state index in [4.69, 9.17) is 11.6 Å². The summed E-state index contributed by atoms with van der Waals surface area (Å²) in [6, 6.07) is 28.7. The van der Waals surface area contributed by atoms with Crippen LogP contribution in [0.3, 0.4) is 0 Å². The van der Waals surface area contributed by atoms with Gasteiger partial charge in [0.25, 0.3) is 10.0 Å². The molecule has 230 valence electrons. The van der Waals surface area contributed by atoms with Crippen molar-refractivity contribution < 1.29 is 18.0 Å². The van der Waals surface area contributed by atoms with Gasteiger partial charge in [0.2, 0.25) is 11.8 Å². The lowest BCUT2D eigenvalue weighted by molar-refractivity contribution is -0.140. The van der Waals surface area contributed by atoms with Crippen LogP contribution in [0, 0.1) is 6.92 Å². The van der Waals surface area contributed by atoms with Gasteiger partial charge in [-0.05, 0) is 79.9 Å². The Balaban J connectivity index is 1.82. The molecular weight excluding hydrogens is 662 g/mol. The molecular formula is C34H35BrClN3O4S. The van der Waals surface area contributed by atoms with Gasteiger partial charge in [-0.25, -0.2) is 8.42 Å². The zero-order chi connectivity index (χ0) is 31.9.